The van der Waals surface area contributed by atoms with Gasteiger partial charge in [0, 0.05) is 24.9 Å². The molecule has 1 aliphatic heterocycles. The van der Waals surface area contributed by atoms with Crippen LogP contribution in [0.1, 0.15) is 157 Å². The largest absolute Gasteiger partial charge is 0.466 e. The molecular weight excluding hydrogens is 556 g/mol. The number of hydrogen-bond acceptors (Lipinski definition) is 6. The predicted molar refractivity (Wildman–Crippen MR) is 178 cm³/mol. The van der Waals surface area contributed by atoms with Crippen LogP contribution in [-0.4, -0.2) is 56.0 Å². The molecule has 0 aromatic carbocycles. The molecule has 1 atom stereocenters. The van der Waals surface area contributed by atoms with Crippen molar-refractivity contribution in [3.63, 3.8) is 0 Å². The summed E-state index contributed by atoms with van der Waals surface area (Å²) in [5.74, 6) is -1.22. The number of carbonyl (C=O) groups excluding carboxylic acids is 3. The standard InChI is InChI=1S/C36H66N2O6/c1-6-7-8-9-10-11-12-13-14-15-16-17-18-19-22-25-31(39)37-27-23-20-21-24-29-42-32(40)26-28-38-34(41)33-35(2,3)30-43-36(4,5)44-33/h13-14,33H,6-12,15-30H2,1-5H3,(H,37,39)(H,38,41)/b14-13-. The Balaban J connectivity index is 1.88. The first-order chi connectivity index (χ1) is 21.1. The fraction of sp³-hybridized carbons (Fsp3) is 0.861. The van der Waals surface area contributed by atoms with Gasteiger partial charge in [0.25, 0.3) is 0 Å². The van der Waals surface area contributed by atoms with Crippen molar-refractivity contribution in [2.45, 2.75) is 169 Å². The molecule has 44 heavy (non-hydrogen) atoms. The van der Waals surface area contributed by atoms with Crippen molar-refractivity contribution in [3.05, 3.63) is 12.2 Å². The minimum atomic E-state index is -0.814. The van der Waals surface area contributed by atoms with Crippen LogP contribution in [-0.2, 0) is 28.6 Å². The topological polar surface area (TPSA) is 103 Å². The molecule has 1 aliphatic rings. The number of esters is 1. The lowest BCUT2D eigenvalue weighted by atomic mass is 9.85. The Bertz CT molecular complexity index is 810. The molecule has 1 rings (SSSR count). The van der Waals surface area contributed by atoms with E-state index in [0.29, 0.717) is 26.2 Å². The highest BCUT2D eigenvalue weighted by Crippen LogP contribution is 2.34. The second-order valence-corrected chi connectivity index (χ2v) is 13.5. The number of hydrogen-bond donors (Lipinski definition) is 2. The van der Waals surface area contributed by atoms with Crippen molar-refractivity contribution in [2.75, 3.05) is 26.3 Å². The van der Waals surface area contributed by atoms with Crippen LogP contribution in [0.25, 0.3) is 0 Å². The first-order valence-corrected chi connectivity index (χ1v) is 17.7. The molecule has 0 aromatic heterocycles. The van der Waals surface area contributed by atoms with Crippen LogP contribution in [0, 0.1) is 5.41 Å². The van der Waals surface area contributed by atoms with E-state index in [-0.39, 0.29) is 30.7 Å². The normalized spacial score (nSPS) is 17.4. The molecular formula is C36H66N2O6. The molecule has 8 heteroatoms. The highest BCUT2D eigenvalue weighted by Gasteiger charge is 2.45. The van der Waals surface area contributed by atoms with Gasteiger partial charge < -0.3 is 24.8 Å². The van der Waals surface area contributed by atoms with E-state index in [2.05, 4.69) is 29.7 Å². The van der Waals surface area contributed by atoms with Crippen LogP contribution in [0.4, 0.5) is 0 Å². The monoisotopic (exact) mass is 622 g/mol. The summed E-state index contributed by atoms with van der Waals surface area (Å²) in [6.45, 7) is 11.4. The summed E-state index contributed by atoms with van der Waals surface area (Å²) in [4.78, 5) is 36.7. The quantitative estimate of drug-likeness (QED) is 0.0577. The van der Waals surface area contributed by atoms with Crippen LogP contribution in [0.5, 0.6) is 0 Å². The highest BCUT2D eigenvalue weighted by atomic mass is 16.7. The third-order valence-corrected chi connectivity index (χ3v) is 8.09. The third-order valence-electron chi connectivity index (χ3n) is 8.09. The summed E-state index contributed by atoms with van der Waals surface area (Å²) in [6.07, 6.45) is 24.9. The average Bonchev–Trinajstić information content (AvgIpc) is 2.97. The molecule has 1 saturated heterocycles. The molecule has 0 aliphatic carbocycles. The van der Waals surface area contributed by atoms with Crippen molar-refractivity contribution in [3.8, 4) is 0 Å². The Hall–Kier alpha value is -1.93. The highest BCUT2D eigenvalue weighted by molar-refractivity contribution is 5.82. The Morgan fingerprint density at radius 2 is 1.32 bits per heavy atom. The van der Waals surface area contributed by atoms with Gasteiger partial charge in [0.2, 0.25) is 11.8 Å². The number of unbranched alkanes of at least 4 members (excludes halogenated alkanes) is 14. The lowest BCUT2D eigenvalue weighted by Crippen LogP contribution is -2.56. The minimum Gasteiger partial charge on any atom is -0.466 e. The second-order valence-electron chi connectivity index (χ2n) is 13.5. The number of allylic oxidation sites excluding steroid dienone is 2. The summed E-state index contributed by atoms with van der Waals surface area (Å²) in [5.41, 5.74) is -0.452. The zero-order valence-electron chi connectivity index (χ0n) is 28.9. The van der Waals surface area contributed by atoms with Crippen LogP contribution in [0.3, 0.4) is 0 Å². The first-order valence-electron chi connectivity index (χ1n) is 17.7. The summed E-state index contributed by atoms with van der Waals surface area (Å²) < 4.78 is 16.8. The number of amides is 2. The maximum Gasteiger partial charge on any atom is 0.307 e. The van der Waals surface area contributed by atoms with Gasteiger partial charge in [-0.15, -0.1) is 0 Å². The summed E-state index contributed by atoms with van der Waals surface area (Å²) in [7, 11) is 0. The van der Waals surface area contributed by atoms with Crippen molar-refractivity contribution in [2.24, 2.45) is 5.41 Å². The van der Waals surface area contributed by atoms with Crippen molar-refractivity contribution >= 4 is 17.8 Å². The van der Waals surface area contributed by atoms with Crippen LogP contribution >= 0.6 is 0 Å². The Labute approximate surface area is 269 Å². The van der Waals surface area contributed by atoms with E-state index in [1.165, 1.54) is 70.6 Å². The van der Waals surface area contributed by atoms with Crippen molar-refractivity contribution in [1.82, 2.24) is 10.6 Å². The van der Waals surface area contributed by atoms with Gasteiger partial charge >= 0.3 is 5.97 Å². The van der Waals surface area contributed by atoms with Gasteiger partial charge in [-0.3, -0.25) is 14.4 Å². The van der Waals surface area contributed by atoms with Gasteiger partial charge in [0.1, 0.15) is 6.10 Å². The van der Waals surface area contributed by atoms with E-state index in [0.717, 1.165) is 38.5 Å². The SMILES string of the molecule is CCCCCCCC/C=C\CCCCCCCC(=O)NCCCCCCOC(=O)CCNC(=O)C1OC(C)(C)OCC1(C)C. The number of nitrogens with one attached hydrogen (secondary N) is 2. The molecule has 2 N–H and O–H groups in total. The second kappa shape index (κ2) is 24.3. The molecule has 0 spiro atoms. The summed E-state index contributed by atoms with van der Waals surface area (Å²) >= 11 is 0. The molecule has 1 fully saturated rings. The van der Waals surface area contributed by atoms with E-state index in [1.54, 1.807) is 13.8 Å². The fourth-order valence-electron chi connectivity index (χ4n) is 5.21. The van der Waals surface area contributed by atoms with E-state index in [1.807, 2.05) is 13.8 Å². The van der Waals surface area contributed by atoms with Crippen molar-refractivity contribution in [1.29, 1.82) is 0 Å². The van der Waals surface area contributed by atoms with E-state index in [4.69, 9.17) is 14.2 Å². The average molecular weight is 623 g/mol. The molecule has 8 nitrogen and oxygen atoms in total. The zero-order valence-corrected chi connectivity index (χ0v) is 28.9. The number of rotatable bonds is 26. The third kappa shape index (κ3) is 20.9. The minimum absolute atomic E-state index is 0.127. The molecule has 1 heterocycles. The zero-order chi connectivity index (χ0) is 32.5. The van der Waals surface area contributed by atoms with Gasteiger partial charge in [0.15, 0.2) is 5.79 Å². The summed E-state index contributed by atoms with van der Waals surface area (Å²) in [5, 5.41) is 5.81. The smallest absolute Gasteiger partial charge is 0.307 e. The van der Waals surface area contributed by atoms with Gasteiger partial charge in [-0.05, 0) is 65.2 Å². The Morgan fingerprint density at radius 1 is 0.727 bits per heavy atom. The van der Waals surface area contributed by atoms with Crippen LogP contribution in [0.2, 0.25) is 0 Å². The molecule has 256 valence electrons. The molecule has 1 unspecified atom stereocenters. The summed E-state index contributed by atoms with van der Waals surface area (Å²) in [6, 6.07) is 0. The van der Waals surface area contributed by atoms with Gasteiger partial charge in [-0.2, -0.15) is 0 Å². The van der Waals surface area contributed by atoms with E-state index < -0.39 is 17.3 Å². The molecule has 0 radical (unpaired) electrons. The number of carbonyl (C=O) groups is 3. The lowest BCUT2D eigenvalue weighted by molar-refractivity contribution is -0.304. The number of ether oxygens (including phenoxy) is 3. The van der Waals surface area contributed by atoms with Gasteiger partial charge in [-0.25, -0.2) is 0 Å². The molecule has 0 aromatic rings. The van der Waals surface area contributed by atoms with Gasteiger partial charge in [-0.1, -0.05) is 90.7 Å². The van der Waals surface area contributed by atoms with Crippen LogP contribution < -0.4 is 10.6 Å². The maximum absolute atomic E-state index is 12.6. The maximum atomic E-state index is 12.6. The first kappa shape index (κ1) is 40.1. The molecule has 2 amide bonds. The fourth-order valence-corrected chi connectivity index (χ4v) is 5.21. The molecule has 0 saturated carbocycles. The molecule has 0 bridgehead atoms. The van der Waals surface area contributed by atoms with Crippen molar-refractivity contribution < 1.29 is 28.6 Å². The Morgan fingerprint density at radius 3 is 2.00 bits per heavy atom. The van der Waals surface area contributed by atoms with E-state index >= 15 is 0 Å². The predicted octanol–water partition coefficient (Wildman–Crippen LogP) is 7.93. The lowest BCUT2D eigenvalue weighted by Gasteiger charge is -2.44. The van der Waals surface area contributed by atoms with Gasteiger partial charge in [0.05, 0.1) is 19.6 Å². The Kier molecular flexibility index (Phi) is 22.2. The van der Waals surface area contributed by atoms with Crippen LogP contribution in [0.15, 0.2) is 12.2 Å². The van der Waals surface area contributed by atoms with E-state index in [9.17, 15) is 14.4 Å².